The fraction of sp³-hybridized carbons (Fsp3) is 0.692. The third-order valence-electron chi connectivity index (χ3n) is 3.34. The molecule has 0 aromatic carbocycles. The quantitative estimate of drug-likeness (QED) is 0.846. The molecule has 5 nitrogen and oxygen atoms in total. The van der Waals surface area contributed by atoms with Crippen LogP contribution in [0.15, 0.2) is 12.3 Å². The molecule has 100 valence electrons. The first-order valence-corrected chi connectivity index (χ1v) is 6.70. The van der Waals surface area contributed by atoms with Gasteiger partial charge in [0.1, 0.15) is 0 Å². The third kappa shape index (κ3) is 3.10. The summed E-state index contributed by atoms with van der Waals surface area (Å²) in [4.78, 5) is 2.26. The Bertz CT molecular complexity index is 373. The molecule has 1 aliphatic rings. The zero-order valence-corrected chi connectivity index (χ0v) is 11.5. The standard InChI is InChI=1S/C13H23N5/c1-10(2)16-12-6-9-15-17-13(12)18(3)11-4-7-14-8-5-11/h6,9-11,14H,4-5,7-8H2,1-3H3,(H,15,16). The Morgan fingerprint density at radius 2 is 2.11 bits per heavy atom. The maximum absolute atomic E-state index is 4.30. The molecule has 2 N–H and O–H groups in total. The molecule has 0 saturated carbocycles. The lowest BCUT2D eigenvalue weighted by Crippen LogP contribution is -2.42. The van der Waals surface area contributed by atoms with Gasteiger partial charge in [-0.2, -0.15) is 5.10 Å². The molecule has 0 radical (unpaired) electrons. The van der Waals surface area contributed by atoms with Crippen LogP contribution in [0.2, 0.25) is 0 Å². The van der Waals surface area contributed by atoms with Crippen molar-refractivity contribution in [1.82, 2.24) is 15.5 Å². The lowest BCUT2D eigenvalue weighted by atomic mass is 10.1. The van der Waals surface area contributed by atoms with Crippen molar-refractivity contribution < 1.29 is 0 Å². The van der Waals surface area contributed by atoms with Crippen LogP contribution in [-0.2, 0) is 0 Å². The van der Waals surface area contributed by atoms with Crippen molar-refractivity contribution in [3.63, 3.8) is 0 Å². The van der Waals surface area contributed by atoms with Crippen molar-refractivity contribution in [1.29, 1.82) is 0 Å². The maximum Gasteiger partial charge on any atom is 0.174 e. The van der Waals surface area contributed by atoms with E-state index in [0.717, 1.165) is 37.4 Å². The van der Waals surface area contributed by atoms with Crippen LogP contribution in [0.3, 0.4) is 0 Å². The topological polar surface area (TPSA) is 53.1 Å². The second-order valence-corrected chi connectivity index (χ2v) is 5.16. The Kier molecular flexibility index (Phi) is 4.36. The van der Waals surface area contributed by atoms with Crippen LogP contribution in [0.1, 0.15) is 26.7 Å². The minimum atomic E-state index is 0.398. The number of anilines is 2. The summed E-state index contributed by atoms with van der Waals surface area (Å²) in [5.41, 5.74) is 1.07. The lowest BCUT2D eigenvalue weighted by Gasteiger charge is -2.33. The van der Waals surface area contributed by atoms with Crippen LogP contribution in [0.5, 0.6) is 0 Å². The highest BCUT2D eigenvalue weighted by molar-refractivity contribution is 5.65. The highest BCUT2D eigenvalue weighted by Crippen LogP contribution is 2.25. The summed E-state index contributed by atoms with van der Waals surface area (Å²) in [6.45, 7) is 6.44. The van der Waals surface area contributed by atoms with Crippen LogP contribution in [-0.4, -0.2) is 42.4 Å². The van der Waals surface area contributed by atoms with Crippen molar-refractivity contribution in [2.24, 2.45) is 0 Å². The van der Waals surface area contributed by atoms with E-state index in [9.17, 15) is 0 Å². The maximum atomic E-state index is 4.30. The highest BCUT2D eigenvalue weighted by atomic mass is 15.3. The van der Waals surface area contributed by atoms with Gasteiger partial charge in [0.25, 0.3) is 0 Å². The molecule has 1 fully saturated rings. The van der Waals surface area contributed by atoms with Gasteiger partial charge in [0.2, 0.25) is 0 Å². The molecule has 1 saturated heterocycles. The Labute approximate surface area is 109 Å². The molecular formula is C13H23N5. The number of nitrogens with zero attached hydrogens (tertiary/aromatic N) is 3. The van der Waals surface area contributed by atoms with E-state index < -0.39 is 0 Å². The monoisotopic (exact) mass is 249 g/mol. The van der Waals surface area contributed by atoms with Gasteiger partial charge in [0.15, 0.2) is 5.82 Å². The summed E-state index contributed by atoms with van der Waals surface area (Å²) < 4.78 is 0. The first-order valence-electron chi connectivity index (χ1n) is 6.70. The van der Waals surface area contributed by atoms with E-state index >= 15 is 0 Å². The summed E-state index contributed by atoms with van der Waals surface area (Å²) >= 11 is 0. The van der Waals surface area contributed by atoms with Gasteiger partial charge in [-0.15, -0.1) is 5.10 Å². The van der Waals surface area contributed by atoms with E-state index in [1.807, 2.05) is 6.07 Å². The predicted molar refractivity (Wildman–Crippen MR) is 75.1 cm³/mol. The SMILES string of the molecule is CC(C)Nc1ccnnc1N(C)C1CCNCC1. The summed E-state index contributed by atoms with van der Waals surface area (Å²) in [5.74, 6) is 0.957. The van der Waals surface area contributed by atoms with Crippen LogP contribution in [0, 0.1) is 0 Å². The van der Waals surface area contributed by atoms with Gasteiger partial charge in [-0.25, -0.2) is 0 Å². The van der Waals surface area contributed by atoms with E-state index in [1.165, 1.54) is 0 Å². The first kappa shape index (κ1) is 13.1. The average Bonchev–Trinajstić information content (AvgIpc) is 2.39. The van der Waals surface area contributed by atoms with Gasteiger partial charge in [-0.05, 0) is 45.8 Å². The predicted octanol–water partition coefficient (Wildman–Crippen LogP) is 1.49. The van der Waals surface area contributed by atoms with Crippen molar-refractivity contribution in [2.75, 3.05) is 30.4 Å². The first-order chi connectivity index (χ1) is 8.68. The van der Waals surface area contributed by atoms with Crippen LogP contribution >= 0.6 is 0 Å². The summed E-state index contributed by atoms with van der Waals surface area (Å²) in [6, 6.07) is 2.95. The summed E-state index contributed by atoms with van der Waals surface area (Å²) in [6.07, 6.45) is 4.06. The fourth-order valence-corrected chi connectivity index (χ4v) is 2.38. The molecular weight excluding hydrogens is 226 g/mol. The van der Waals surface area contributed by atoms with Crippen molar-refractivity contribution >= 4 is 11.5 Å². The van der Waals surface area contributed by atoms with Crippen LogP contribution < -0.4 is 15.5 Å². The zero-order chi connectivity index (χ0) is 13.0. The second kappa shape index (κ2) is 6.00. The second-order valence-electron chi connectivity index (χ2n) is 5.16. The van der Waals surface area contributed by atoms with Gasteiger partial charge in [0.05, 0.1) is 11.9 Å². The molecule has 0 amide bonds. The Balaban J connectivity index is 2.15. The number of nitrogens with one attached hydrogen (secondary N) is 2. The normalized spacial score (nSPS) is 16.9. The van der Waals surface area contributed by atoms with E-state index in [4.69, 9.17) is 0 Å². The van der Waals surface area contributed by atoms with Gasteiger partial charge in [-0.1, -0.05) is 0 Å². The Morgan fingerprint density at radius 1 is 1.39 bits per heavy atom. The Hall–Kier alpha value is -1.36. The average molecular weight is 249 g/mol. The van der Waals surface area contributed by atoms with Crippen LogP contribution in [0.25, 0.3) is 0 Å². The Morgan fingerprint density at radius 3 is 2.78 bits per heavy atom. The molecule has 0 aliphatic carbocycles. The summed E-state index contributed by atoms with van der Waals surface area (Å²) in [7, 11) is 2.12. The zero-order valence-electron chi connectivity index (χ0n) is 11.5. The van der Waals surface area contributed by atoms with Crippen molar-refractivity contribution in [3.8, 4) is 0 Å². The smallest absolute Gasteiger partial charge is 0.174 e. The minimum absolute atomic E-state index is 0.398. The fourth-order valence-electron chi connectivity index (χ4n) is 2.38. The largest absolute Gasteiger partial charge is 0.380 e. The molecule has 1 aromatic rings. The van der Waals surface area contributed by atoms with Crippen molar-refractivity contribution in [3.05, 3.63) is 12.3 Å². The van der Waals surface area contributed by atoms with Gasteiger partial charge < -0.3 is 15.5 Å². The number of hydrogen-bond acceptors (Lipinski definition) is 5. The van der Waals surface area contributed by atoms with Gasteiger partial charge in [0, 0.05) is 19.1 Å². The lowest BCUT2D eigenvalue weighted by molar-refractivity contribution is 0.441. The van der Waals surface area contributed by atoms with E-state index in [1.54, 1.807) is 6.20 Å². The molecule has 0 bridgehead atoms. The molecule has 0 unspecified atom stereocenters. The number of aromatic nitrogens is 2. The molecule has 2 rings (SSSR count). The molecule has 1 aliphatic heterocycles. The molecule has 18 heavy (non-hydrogen) atoms. The molecule has 5 heteroatoms. The molecule has 2 heterocycles. The minimum Gasteiger partial charge on any atom is -0.380 e. The number of hydrogen-bond donors (Lipinski definition) is 2. The molecule has 1 aromatic heterocycles. The third-order valence-corrected chi connectivity index (χ3v) is 3.34. The van der Waals surface area contributed by atoms with E-state index in [0.29, 0.717) is 12.1 Å². The number of rotatable bonds is 4. The van der Waals surface area contributed by atoms with Crippen molar-refractivity contribution in [2.45, 2.75) is 38.8 Å². The van der Waals surface area contributed by atoms with Gasteiger partial charge in [-0.3, -0.25) is 0 Å². The van der Waals surface area contributed by atoms with Gasteiger partial charge >= 0.3 is 0 Å². The van der Waals surface area contributed by atoms with E-state index in [2.05, 4.69) is 46.6 Å². The molecule has 0 atom stereocenters. The summed E-state index contributed by atoms with van der Waals surface area (Å²) in [5, 5.41) is 15.1. The molecule has 0 spiro atoms. The van der Waals surface area contributed by atoms with Crippen LogP contribution in [0.4, 0.5) is 11.5 Å². The highest BCUT2D eigenvalue weighted by Gasteiger charge is 2.21. The number of piperidine rings is 1. The van der Waals surface area contributed by atoms with E-state index in [-0.39, 0.29) is 0 Å².